The fourth-order valence-corrected chi connectivity index (χ4v) is 2.97. The number of rotatable bonds is 11. The highest BCUT2D eigenvalue weighted by Crippen LogP contribution is 2.23. The maximum absolute atomic E-state index is 12.8. The Labute approximate surface area is 181 Å². The highest BCUT2D eigenvalue weighted by atomic mass is 35.5. The zero-order valence-electron chi connectivity index (χ0n) is 17.1. The van der Waals surface area contributed by atoms with Crippen molar-refractivity contribution in [2.45, 2.75) is 6.42 Å². The molecule has 0 unspecified atom stereocenters. The van der Waals surface area contributed by atoms with E-state index in [1.807, 2.05) is 6.07 Å². The number of carbonyl (C=O) groups excluding carboxylic acids is 3. The minimum Gasteiger partial charge on any atom is -0.385 e. The molecule has 0 saturated carbocycles. The molecule has 2 aromatic rings. The van der Waals surface area contributed by atoms with E-state index in [9.17, 15) is 14.4 Å². The van der Waals surface area contributed by atoms with Gasteiger partial charge >= 0.3 is 0 Å². The first kappa shape index (κ1) is 23.5. The van der Waals surface area contributed by atoms with Gasteiger partial charge in [-0.2, -0.15) is 0 Å². The second kappa shape index (κ2) is 12.1. The van der Waals surface area contributed by atoms with Crippen molar-refractivity contribution < 1.29 is 19.1 Å². The van der Waals surface area contributed by atoms with Crippen LogP contribution in [0.4, 0.5) is 5.69 Å². The summed E-state index contributed by atoms with van der Waals surface area (Å²) in [4.78, 5) is 38.8. The summed E-state index contributed by atoms with van der Waals surface area (Å²) in [7, 11) is 3.28. The number of methoxy groups -OCH3 is 1. The van der Waals surface area contributed by atoms with Crippen LogP contribution >= 0.6 is 11.6 Å². The molecule has 0 bridgehead atoms. The summed E-state index contributed by atoms with van der Waals surface area (Å²) in [6.45, 7) is 1.16. The number of hydrogen-bond donors (Lipinski definition) is 2. The van der Waals surface area contributed by atoms with Gasteiger partial charge in [-0.05, 0) is 31.7 Å². The second-order valence-electron chi connectivity index (χ2n) is 6.80. The van der Waals surface area contributed by atoms with Gasteiger partial charge in [0.25, 0.3) is 0 Å². The Morgan fingerprint density at radius 1 is 1.03 bits per heavy atom. The van der Waals surface area contributed by atoms with Crippen LogP contribution in [-0.4, -0.2) is 62.9 Å². The molecule has 2 N–H and O–H groups in total. The van der Waals surface area contributed by atoms with Gasteiger partial charge in [-0.1, -0.05) is 41.9 Å². The number of benzene rings is 2. The Kier molecular flexibility index (Phi) is 9.47. The number of hydrogen-bond acceptors (Lipinski definition) is 5. The van der Waals surface area contributed by atoms with Crippen LogP contribution in [0, 0.1) is 0 Å². The molecule has 0 saturated heterocycles. The second-order valence-corrected chi connectivity index (χ2v) is 7.24. The van der Waals surface area contributed by atoms with Gasteiger partial charge in [0, 0.05) is 36.4 Å². The van der Waals surface area contributed by atoms with Crippen molar-refractivity contribution in [1.29, 1.82) is 0 Å². The van der Waals surface area contributed by atoms with Crippen LogP contribution in [0.5, 0.6) is 0 Å². The molecule has 0 radical (unpaired) electrons. The lowest BCUT2D eigenvalue weighted by Crippen LogP contribution is -2.39. The topological polar surface area (TPSA) is 87.7 Å². The molecule has 2 rings (SSSR count). The van der Waals surface area contributed by atoms with Crippen LogP contribution in [0.3, 0.4) is 0 Å². The summed E-state index contributed by atoms with van der Waals surface area (Å²) >= 11 is 6.06. The van der Waals surface area contributed by atoms with Crippen LogP contribution < -0.4 is 10.6 Å². The van der Waals surface area contributed by atoms with Gasteiger partial charge < -0.3 is 15.4 Å². The fourth-order valence-electron chi connectivity index (χ4n) is 2.79. The monoisotopic (exact) mass is 431 g/mol. The smallest absolute Gasteiger partial charge is 0.238 e. The van der Waals surface area contributed by atoms with E-state index in [0.717, 1.165) is 6.42 Å². The van der Waals surface area contributed by atoms with Crippen molar-refractivity contribution in [2.75, 3.05) is 45.7 Å². The molecule has 0 aliphatic heterocycles. The predicted molar refractivity (Wildman–Crippen MR) is 117 cm³/mol. The minimum absolute atomic E-state index is 0.00686. The van der Waals surface area contributed by atoms with Gasteiger partial charge in [-0.25, -0.2) is 0 Å². The first-order valence-electron chi connectivity index (χ1n) is 9.54. The van der Waals surface area contributed by atoms with E-state index < -0.39 is 0 Å². The Bertz CT molecular complexity index is 874. The third kappa shape index (κ3) is 7.59. The number of amides is 2. The van der Waals surface area contributed by atoms with Crippen molar-refractivity contribution in [2.24, 2.45) is 0 Å². The van der Waals surface area contributed by atoms with Crippen LogP contribution in [0.25, 0.3) is 0 Å². The standard InChI is InChI=1S/C22H26ClN3O4/c1-26(14-20(27)24-11-6-12-30-2)15-21(28)25-19-10-9-17(23)13-18(19)22(29)16-7-4-3-5-8-16/h3-5,7-10,13H,6,11-12,14-15H2,1-2H3,(H,24,27)(H,25,28). The highest BCUT2D eigenvalue weighted by Gasteiger charge is 2.17. The molecule has 0 atom stereocenters. The fraction of sp³-hybridized carbons (Fsp3) is 0.318. The van der Waals surface area contributed by atoms with Crippen LogP contribution in [0.1, 0.15) is 22.3 Å². The van der Waals surface area contributed by atoms with E-state index in [1.54, 1.807) is 55.5 Å². The van der Waals surface area contributed by atoms with Crippen molar-refractivity contribution in [3.8, 4) is 0 Å². The molecule has 0 fully saturated rings. The normalized spacial score (nSPS) is 10.7. The summed E-state index contributed by atoms with van der Waals surface area (Å²) in [6, 6.07) is 13.5. The van der Waals surface area contributed by atoms with E-state index in [1.165, 1.54) is 6.07 Å². The molecule has 7 nitrogen and oxygen atoms in total. The molecular weight excluding hydrogens is 406 g/mol. The van der Waals surface area contributed by atoms with E-state index in [4.69, 9.17) is 16.3 Å². The molecule has 160 valence electrons. The van der Waals surface area contributed by atoms with Crippen molar-refractivity contribution in [3.05, 3.63) is 64.7 Å². The minimum atomic E-state index is -0.339. The van der Waals surface area contributed by atoms with Gasteiger partial charge in [0.05, 0.1) is 18.8 Å². The number of ether oxygens (including phenoxy) is 1. The average Bonchev–Trinajstić information content (AvgIpc) is 2.72. The molecule has 2 amide bonds. The molecule has 0 aliphatic rings. The summed E-state index contributed by atoms with van der Waals surface area (Å²) < 4.78 is 4.93. The first-order chi connectivity index (χ1) is 14.4. The average molecular weight is 432 g/mol. The molecule has 0 heterocycles. The molecule has 0 aliphatic carbocycles. The molecule has 0 aromatic heterocycles. The lowest BCUT2D eigenvalue weighted by molar-refractivity contribution is -0.123. The maximum Gasteiger partial charge on any atom is 0.238 e. The third-order valence-electron chi connectivity index (χ3n) is 4.21. The van der Waals surface area contributed by atoms with E-state index in [-0.39, 0.29) is 30.7 Å². The molecule has 30 heavy (non-hydrogen) atoms. The van der Waals surface area contributed by atoms with Crippen LogP contribution in [0.2, 0.25) is 5.02 Å². The number of likely N-dealkylation sites (N-methyl/N-ethyl adjacent to an activating group) is 1. The van der Waals surface area contributed by atoms with Gasteiger partial charge in [0.2, 0.25) is 11.8 Å². The number of nitrogens with one attached hydrogen (secondary N) is 2. The zero-order valence-corrected chi connectivity index (χ0v) is 17.9. The first-order valence-corrected chi connectivity index (χ1v) is 9.92. The lowest BCUT2D eigenvalue weighted by Gasteiger charge is -2.17. The quantitative estimate of drug-likeness (QED) is 0.422. The maximum atomic E-state index is 12.8. The molecule has 2 aromatic carbocycles. The molecule has 8 heteroatoms. The molecular formula is C22H26ClN3O4. The molecule has 0 spiro atoms. The Hall–Kier alpha value is -2.74. The third-order valence-corrected chi connectivity index (χ3v) is 4.45. The Balaban J connectivity index is 1.96. The SMILES string of the molecule is COCCCNC(=O)CN(C)CC(=O)Nc1ccc(Cl)cc1C(=O)c1ccccc1. The van der Waals surface area contributed by atoms with Gasteiger partial charge in [0.1, 0.15) is 0 Å². The Morgan fingerprint density at radius 2 is 1.73 bits per heavy atom. The van der Waals surface area contributed by atoms with Gasteiger partial charge in [0.15, 0.2) is 5.78 Å². The number of halogens is 1. The summed E-state index contributed by atoms with van der Waals surface area (Å²) in [5.41, 5.74) is 1.17. The van der Waals surface area contributed by atoms with Crippen molar-refractivity contribution in [1.82, 2.24) is 10.2 Å². The van der Waals surface area contributed by atoms with Crippen LogP contribution in [-0.2, 0) is 14.3 Å². The number of nitrogens with zero attached hydrogens (tertiary/aromatic N) is 1. The summed E-state index contributed by atoms with van der Waals surface area (Å²) in [6.07, 6.45) is 0.723. The van der Waals surface area contributed by atoms with Crippen molar-refractivity contribution in [3.63, 3.8) is 0 Å². The Morgan fingerprint density at radius 3 is 2.43 bits per heavy atom. The zero-order chi connectivity index (χ0) is 21.9. The lowest BCUT2D eigenvalue weighted by atomic mass is 10.0. The van der Waals surface area contributed by atoms with Crippen molar-refractivity contribution >= 4 is 34.9 Å². The number of ketones is 1. The number of anilines is 1. The van der Waals surface area contributed by atoms with E-state index in [2.05, 4.69) is 10.6 Å². The predicted octanol–water partition coefficient (Wildman–Crippen LogP) is 2.59. The highest BCUT2D eigenvalue weighted by molar-refractivity contribution is 6.31. The largest absolute Gasteiger partial charge is 0.385 e. The van der Waals surface area contributed by atoms with Gasteiger partial charge in [-0.3, -0.25) is 19.3 Å². The van der Waals surface area contributed by atoms with E-state index in [0.29, 0.717) is 35.0 Å². The van der Waals surface area contributed by atoms with Gasteiger partial charge in [-0.15, -0.1) is 0 Å². The summed E-state index contributed by atoms with van der Waals surface area (Å²) in [5.74, 6) is -0.751. The van der Waals surface area contributed by atoms with Crippen LogP contribution in [0.15, 0.2) is 48.5 Å². The van der Waals surface area contributed by atoms with E-state index >= 15 is 0 Å². The number of carbonyl (C=O) groups is 3. The summed E-state index contributed by atoms with van der Waals surface area (Å²) in [5, 5.41) is 5.91.